The van der Waals surface area contributed by atoms with E-state index in [9.17, 15) is 4.79 Å². The highest BCUT2D eigenvalue weighted by molar-refractivity contribution is 5.77. The molecule has 1 aromatic rings. The van der Waals surface area contributed by atoms with Crippen molar-refractivity contribution in [1.82, 2.24) is 10.8 Å². The summed E-state index contributed by atoms with van der Waals surface area (Å²) in [5.74, 6) is 0.0374. The zero-order valence-electron chi connectivity index (χ0n) is 8.31. The second-order valence-corrected chi connectivity index (χ2v) is 3.73. The third-order valence-corrected chi connectivity index (χ3v) is 2.73. The lowest BCUT2D eigenvalue weighted by atomic mass is 9.93. The molecular formula is C11H14N2O2. The largest absolute Gasteiger partial charge is 0.348 e. The van der Waals surface area contributed by atoms with Gasteiger partial charge in [-0.15, -0.1) is 0 Å². The van der Waals surface area contributed by atoms with Gasteiger partial charge in [-0.25, -0.2) is 5.48 Å². The lowest BCUT2D eigenvalue weighted by Gasteiger charge is -2.31. The highest BCUT2D eigenvalue weighted by Gasteiger charge is 2.29. The number of carbonyl (C=O) groups excluding carboxylic acids is 1. The van der Waals surface area contributed by atoms with Crippen LogP contribution in [0.5, 0.6) is 0 Å². The van der Waals surface area contributed by atoms with E-state index in [0.29, 0.717) is 12.8 Å². The molecule has 0 aromatic heterocycles. The molecule has 2 unspecified atom stereocenters. The first-order valence-corrected chi connectivity index (χ1v) is 5.05. The maximum atomic E-state index is 11.3. The van der Waals surface area contributed by atoms with Crippen molar-refractivity contribution in [3.63, 3.8) is 0 Å². The molecule has 80 valence electrons. The van der Waals surface area contributed by atoms with Gasteiger partial charge in [0.1, 0.15) is 0 Å². The van der Waals surface area contributed by atoms with Crippen LogP contribution in [0.25, 0.3) is 0 Å². The summed E-state index contributed by atoms with van der Waals surface area (Å²) in [6.45, 7) is 0. The Balaban J connectivity index is 2.21. The summed E-state index contributed by atoms with van der Waals surface area (Å²) in [5.41, 5.74) is 3.27. The van der Waals surface area contributed by atoms with E-state index in [-0.39, 0.29) is 18.0 Å². The highest BCUT2D eigenvalue weighted by Crippen LogP contribution is 2.23. The van der Waals surface area contributed by atoms with Gasteiger partial charge in [0, 0.05) is 6.42 Å². The van der Waals surface area contributed by atoms with Gasteiger partial charge in [-0.2, -0.15) is 0 Å². The van der Waals surface area contributed by atoms with Gasteiger partial charge < -0.3 is 10.5 Å². The molecule has 2 atom stereocenters. The monoisotopic (exact) mass is 206 g/mol. The summed E-state index contributed by atoms with van der Waals surface area (Å²) >= 11 is 0. The van der Waals surface area contributed by atoms with Crippen molar-refractivity contribution in [1.29, 1.82) is 0 Å². The van der Waals surface area contributed by atoms with Crippen molar-refractivity contribution < 1.29 is 10.0 Å². The molecule has 1 saturated heterocycles. The van der Waals surface area contributed by atoms with Gasteiger partial charge in [0.15, 0.2) is 0 Å². The van der Waals surface area contributed by atoms with Gasteiger partial charge in [0.2, 0.25) is 5.91 Å². The van der Waals surface area contributed by atoms with E-state index in [1.165, 1.54) is 0 Å². The minimum Gasteiger partial charge on any atom is -0.348 e. The first-order chi connectivity index (χ1) is 7.31. The number of rotatable bonds is 2. The Morgan fingerprint density at radius 1 is 1.33 bits per heavy atom. The van der Waals surface area contributed by atoms with Crippen molar-refractivity contribution in [2.75, 3.05) is 0 Å². The number of carbonyl (C=O) groups is 1. The van der Waals surface area contributed by atoms with E-state index in [2.05, 4.69) is 10.8 Å². The van der Waals surface area contributed by atoms with Gasteiger partial charge in [-0.3, -0.25) is 4.79 Å². The van der Waals surface area contributed by atoms with Crippen LogP contribution in [0.2, 0.25) is 0 Å². The first kappa shape index (κ1) is 10.1. The van der Waals surface area contributed by atoms with E-state index in [1.54, 1.807) is 0 Å². The minimum absolute atomic E-state index is 0.0374. The van der Waals surface area contributed by atoms with Crippen LogP contribution in [-0.2, 0) is 4.79 Å². The molecule has 0 spiro atoms. The summed E-state index contributed by atoms with van der Waals surface area (Å²) < 4.78 is 0. The van der Waals surface area contributed by atoms with Crippen molar-refractivity contribution in [2.24, 2.45) is 0 Å². The second kappa shape index (κ2) is 4.42. The molecule has 0 aliphatic carbocycles. The molecule has 1 heterocycles. The number of nitrogens with one attached hydrogen (secondary N) is 2. The van der Waals surface area contributed by atoms with Crippen LogP contribution in [0.4, 0.5) is 0 Å². The fourth-order valence-electron chi connectivity index (χ4n) is 1.91. The number of hydrogen-bond acceptors (Lipinski definition) is 3. The van der Waals surface area contributed by atoms with Gasteiger partial charge in [-0.1, -0.05) is 30.3 Å². The Morgan fingerprint density at radius 3 is 2.73 bits per heavy atom. The minimum atomic E-state index is -0.141. The first-order valence-electron chi connectivity index (χ1n) is 5.05. The molecule has 1 aromatic carbocycles. The smallest absolute Gasteiger partial charge is 0.220 e. The Kier molecular flexibility index (Phi) is 2.99. The van der Waals surface area contributed by atoms with E-state index in [4.69, 9.17) is 5.21 Å². The zero-order valence-corrected chi connectivity index (χ0v) is 8.31. The van der Waals surface area contributed by atoms with E-state index in [0.717, 1.165) is 5.56 Å². The summed E-state index contributed by atoms with van der Waals surface area (Å²) in [6, 6.07) is 9.41. The Morgan fingerprint density at radius 2 is 2.07 bits per heavy atom. The van der Waals surface area contributed by atoms with Gasteiger partial charge in [0.25, 0.3) is 0 Å². The SMILES string of the molecule is O=C1CCC(NO)C(c2ccccc2)N1. The van der Waals surface area contributed by atoms with Gasteiger partial charge in [0.05, 0.1) is 12.1 Å². The fourth-order valence-corrected chi connectivity index (χ4v) is 1.91. The lowest BCUT2D eigenvalue weighted by Crippen LogP contribution is -2.47. The van der Waals surface area contributed by atoms with Crippen molar-refractivity contribution >= 4 is 5.91 Å². The molecule has 1 fully saturated rings. The van der Waals surface area contributed by atoms with Crippen LogP contribution in [-0.4, -0.2) is 17.2 Å². The molecule has 15 heavy (non-hydrogen) atoms. The third kappa shape index (κ3) is 2.16. The normalized spacial score (nSPS) is 26.1. The molecule has 1 amide bonds. The van der Waals surface area contributed by atoms with Crippen molar-refractivity contribution in [3.05, 3.63) is 35.9 Å². The second-order valence-electron chi connectivity index (χ2n) is 3.73. The quantitative estimate of drug-likeness (QED) is 0.632. The number of benzene rings is 1. The standard InChI is InChI=1S/C11H14N2O2/c14-10-7-6-9(13-15)11(12-10)8-4-2-1-3-5-8/h1-5,9,11,13,15H,6-7H2,(H,12,14). The average molecular weight is 206 g/mol. The maximum Gasteiger partial charge on any atom is 0.220 e. The van der Waals surface area contributed by atoms with Gasteiger partial charge >= 0.3 is 0 Å². The lowest BCUT2D eigenvalue weighted by molar-refractivity contribution is -0.124. The van der Waals surface area contributed by atoms with Crippen molar-refractivity contribution in [3.8, 4) is 0 Å². The highest BCUT2D eigenvalue weighted by atomic mass is 16.5. The summed E-state index contributed by atoms with van der Waals surface area (Å²) in [7, 11) is 0. The van der Waals surface area contributed by atoms with Crippen LogP contribution < -0.4 is 10.8 Å². The molecular weight excluding hydrogens is 192 g/mol. The van der Waals surface area contributed by atoms with Gasteiger partial charge in [-0.05, 0) is 12.0 Å². The summed E-state index contributed by atoms with van der Waals surface area (Å²) in [6.07, 6.45) is 1.11. The summed E-state index contributed by atoms with van der Waals surface area (Å²) in [5, 5.41) is 11.9. The third-order valence-electron chi connectivity index (χ3n) is 2.73. The van der Waals surface area contributed by atoms with E-state index >= 15 is 0 Å². The predicted molar refractivity (Wildman–Crippen MR) is 55.3 cm³/mol. The van der Waals surface area contributed by atoms with Crippen molar-refractivity contribution in [2.45, 2.75) is 24.9 Å². The van der Waals surface area contributed by atoms with Crippen LogP contribution in [0.1, 0.15) is 24.4 Å². The Labute approximate surface area is 88.3 Å². The molecule has 4 nitrogen and oxygen atoms in total. The summed E-state index contributed by atoms with van der Waals surface area (Å²) in [4.78, 5) is 11.3. The number of amides is 1. The molecule has 0 bridgehead atoms. The predicted octanol–water partition coefficient (Wildman–Crippen LogP) is 0.985. The average Bonchev–Trinajstić information content (AvgIpc) is 2.30. The van der Waals surface area contributed by atoms with E-state index in [1.807, 2.05) is 30.3 Å². The number of hydrogen-bond donors (Lipinski definition) is 3. The van der Waals surface area contributed by atoms with E-state index < -0.39 is 0 Å². The van der Waals surface area contributed by atoms with Crippen LogP contribution in [0.15, 0.2) is 30.3 Å². The van der Waals surface area contributed by atoms with Crippen LogP contribution in [0.3, 0.4) is 0 Å². The van der Waals surface area contributed by atoms with Crippen LogP contribution >= 0.6 is 0 Å². The molecule has 1 aliphatic heterocycles. The topological polar surface area (TPSA) is 61.4 Å². The Bertz CT molecular complexity index is 340. The molecule has 0 saturated carbocycles. The molecule has 0 radical (unpaired) electrons. The van der Waals surface area contributed by atoms with Crippen LogP contribution in [0, 0.1) is 0 Å². The maximum absolute atomic E-state index is 11.3. The zero-order chi connectivity index (χ0) is 10.7. The Hall–Kier alpha value is -1.39. The molecule has 4 heteroatoms. The number of piperidine rings is 1. The molecule has 1 aliphatic rings. The molecule has 2 rings (SSSR count). The molecule has 3 N–H and O–H groups in total. The number of hydroxylamine groups is 1. The fraction of sp³-hybridized carbons (Fsp3) is 0.364.